The van der Waals surface area contributed by atoms with Crippen LogP contribution in [0, 0.1) is 5.92 Å². The zero-order valence-electron chi connectivity index (χ0n) is 13.1. The number of rotatable bonds is 7. The smallest absolute Gasteiger partial charge is 0.0935 e. The maximum absolute atomic E-state index is 5.69. The molecular formula is C15H33NO2. The topological polar surface area (TPSA) is 21.7 Å². The first-order chi connectivity index (χ1) is 8.72. The summed E-state index contributed by atoms with van der Waals surface area (Å²) in [7, 11) is 0. The molecule has 3 heteroatoms. The fraction of sp³-hybridized carbons (Fsp3) is 1.00. The van der Waals surface area contributed by atoms with E-state index in [2.05, 4.69) is 25.7 Å². The Hall–Kier alpha value is -0.120. The van der Waals surface area contributed by atoms with Gasteiger partial charge in [0.2, 0.25) is 0 Å². The summed E-state index contributed by atoms with van der Waals surface area (Å²) in [6, 6.07) is 0. The van der Waals surface area contributed by atoms with Gasteiger partial charge in [0, 0.05) is 19.7 Å². The van der Waals surface area contributed by atoms with Gasteiger partial charge in [-0.2, -0.15) is 0 Å². The van der Waals surface area contributed by atoms with E-state index in [0.717, 1.165) is 45.2 Å². The summed E-state index contributed by atoms with van der Waals surface area (Å²) in [5.74, 6) is 0.726. The van der Waals surface area contributed by atoms with Crippen molar-refractivity contribution in [2.24, 2.45) is 5.92 Å². The molecule has 0 bridgehead atoms. The predicted molar refractivity (Wildman–Crippen MR) is 78.1 cm³/mol. The Labute approximate surface area is 114 Å². The molecular weight excluding hydrogens is 226 g/mol. The van der Waals surface area contributed by atoms with Crippen LogP contribution in [0.1, 0.15) is 47.5 Å². The van der Waals surface area contributed by atoms with Crippen LogP contribution in [0.3, 0.4) is 0 Å². The van der Waals surface area contributed by atoms with Gasteiger partial charge < -0.3 is 9.47 Å². The lowest BCUT2D eigenvalue weighted by molar-refractivity contribution is -0.0698. The van der Waals surface area contributed by atoms with Gasteiger partial charge in [0.15, 0.2) is 0 Å². The number of morpholine rings is 1. The van der Waals surface area contributed by atoms with E-state index in [-0.39, 0.29) is 6.10 Å². The van der Waals surface area contributed by atoms with Crippen molar-refractivity contribution in [1.82, 2.24) is 4.90 Å². The first kappa shape index (κ1) is 17.9. The van der Waals surface area contributed by atoms with Gasteiger partial charge in [0.25, 0.3) is 0 Å². The standard InChI is InChI=1S/C13H27NO2.C2H6/c1-4-6-14-7-9-16-13(10-14)11-15-8-5-12(2)3;1-2/h12-13H,4-11H2,1-3H3;1-2H3/t13-;/m0./s1. The van der Waals surface area contributed by atoms with E-state index in [1.165, 1.54) is 13.0 Å². The van der Waals surface area contributed by atoms with Gasteiger partial charge in [-0.05, 0) is 25.3 Å². The third kappa shape index (κ3) is 8.90. The molecule has 1 rings (SSSR count). The third-order valence-corrected chi connectivity index (χ3v) is 2.91. The summed E-state index contributed by atoms with van der Waals surface area (Å²) >= 11 is 0. The maximum Gasteiger partial charge on any atom is 0.0935 e. The molecule has 18 heavy (non-hydrogen) atoms. The van der Waals surface area contributed by atoms with E-state index < -0.39 is 0 Å². The molecule has 0 spiro atoms. The maximum atomic E-state index is 5.69. The van der Waals surface area contributed by atoms with Gasteiger partial charge in [-0.25, -0.2) is 0 Å². The fourth-order valence-corrected chi connectivity index (χ4v) is 1.93. The molecule has 110 valence electrons. The minimum absolute atomic E-state index is 0.285. The van der Waals surface area contributed by atoms with E-state index in [1.54, 1.807) is 0 Å². The van der Waals surface area contributed by atoms with Crippen molar-refractivity contribution in [3.63, 3.8) is 0 Å². The molecule has 0 aromatic carbocycles. The molecule has 0 radical (unpaired) electrons. The Morgan fingerprint density at radius 1 is 1.33 bits per heavy atom. The van der Waals surface area contributed by atoms with Gasteiger partial charge in [0.05, 0.1) is 19.3 Å². The average molecular weight is 259 g/mol. The SMILES string of the molecule is CC.CCCN1CCO[C@H](COCCC(C)C)C1. The predicted octanol–water partition coefficient (Wildman–Crippen LogP) is 3.19. The van der Waals surface area contributed by atoms with Crippen molar-refractivity contribution in [2.45, 2.75) is 53.6 Å². The zero-order chi connectivity index (χ0) is 13.8. The van der Waals surface area contributed by atoms with Crippen LogP contribution in [0.2, 0.25) is 0 Å². The van der Waals surface area contributed by atoms with E-state index in [0.29, 0.717) is 0 Å². The highest BCUT2D eigenvalue weighted by Crippen LogP contribution is 2.07. The lowest BCUT2D eigenvalue weighted by Crippen LogP contribution is -2.44. The fourth-order valence-electron chi connectivity index (χ4n) is 1.93. The van der Waals surface area contributed by atoms with Crippen LogP contribution in [0.25, 0.3) is 0 Å². The second kappa shape index (κ2) is 11.9. The first-order valence-electron chi connectivity index (χ1n) is 7.64. The molecule has 0 aromatic rings. The highest BCUT2D eigenvalue weighted by molar-refractivity contribution is 4.70. The molecule has 1 aliphatic heterocycles. The van der Waals surface area contributed by atoms with Gasteiger partial charge in [0.1, 0.15) is 0 Å². The summed E-state index contributed by atoms with van der Waals surface area (Å²) in [4.78, 5) is 2.47. The third-order valence-electron chi connectivity index (χ3n) is 2.91. The average Bonchev–Trinajstić information content (AvgIpc) is 2.38. The second-order valence-electron chi connectivity index (χ2n) is 5.05. The zero-order valence-corrected chi connectivity index (χ0v) is 13.1. The summed E-state index contributed by atoms with van der Waals surface area (Å²) < 4.78 is 11.4. The van der Waals surface area contributed by atoms with E-state index in [4.69, 9.17) is 9.47 Å². The van der Waals surface area contributed by atoms with Crippen LogP contribution in [0.4, 0.5) is 0 Å². The molecule has 0 amide bonds. The van der Waals surface area contributed by atoms with E-state index in [1.807, 2.05) is 13.8 Å². The van der Waals surface area contributed by atoms with Gasteiger partial charge >= 0.3 is 0 Å². The summed E-state index contributed by atoms with van der Waals surface area (Å²) in [5, 5.41) is 0. The van der Waals surface area contributed by atoms with Crippen LogP contribution in [0.5, 0.6) is 0 Å². The highest BCUT2D eigenvalue weighted by Gasteiger charge is 2.19. The molecule has 0 unspecified atom stereocenters. The molecule has 1 aliphatic rings. The van der Waals surface area contributed by atoms with E-state index in [9.17, 15) is 0 Å². The Morgan fingerprint density at radius 2 is 2.06 bits per heavy atom. The van der Waals surface area contributed by atoms with Crippen LogP contribution in [-0.2, 0) is 9.47 Å². The summed E-state index contributed by atoms with van der Waals surface area (Å²) in [6.07, 6.45) is 2.65. The minimum atomic E-state index is 0.285. The van der Waals surface area contributed by atoms with Crippen LogP contribution < -0.4 is 0 Å². The number of hydrogen-bond acceptors (Lipinski definition) is 3. The Balaban J connectivity index is 0.00000137. The van der Waals surface area contributed by atoms with Crippen molar-refractivity contribution in [3.8, 4) is 0 Å². The van der Waals surface area contributed by atoms with Crippen molar-refractivity contribution in [1.29, 1.82) is 0 Å². The lowest BCUT2D eigenvalue weighted by Gasteiger charge is -2.32. The first-order valence-corrected chi connectivity index (χ1v) is 7.64. The molecule has 1 fully saturated rings. The van der Waals surface area contributed by atoms with Crippen LogP contribution in [0.15, 0.2) is 0 Å². The highest BCUT2D eigenvalue weighted by atomic mass is 16.5. The summed E-state index contributed by atoms with van der Waals surface area (Å²) in [5.41, 5.74) is 0. The molecule has 0 saturated carbocycles. The van der Waals surface area contributed by atoms with Gasteiger partial charge in [-0.1, -0.05) is 34.6 Å². The lowest BCUT2D eigenvalue weighted by atomic mass is 10.1. The molecule has 3 nitrogen and oxygen atoms in total. The molecule has 1 saturated heterocycles. The Morgan fingerprint density at radius 3 is 2.67 bits per heavy atom. The van der Waals surface area contributed by atoms with Crippen molar-refractivity contribution in [3.05, 3.63) is 0 Å². The molecule has 1 heterocycles. The minimum Gasteiger partial charge on any atom is -0.379 e. The van der Waals surface area contributed by atoms with Crippen LogP contribution in [-0.4, -0.2) is 50.5 Å². The van der Waals surface area contributed by atoms with Crippen molar-refractivity contribution >= 4 is 0 Å². The largest absolute Gasteiger partial charge is 0.379 e. The monoisotopic (exact) mass is 259 g/mol. The van der Waals surface area contributed by atoms with Crippen LogP contribution >= 0.6 is 0 Å². The molecule has 0 aliphatic carbocycles. The molecule has 0 aromatic heterocycles. The molecule has 0 N–H and O–H groups in total. The van der Waals surface area contributed by atoms with Gasteiger partial charge in [-0.15, -0.1) is 0 Å². The van der Waals surface area contributed by atoms with Crippen molar-refractivity contribution < 1.29 is 9.47 Å². The number of nitrogens with zero attached hydrogens (tertiary/aromatic N) is 1. The summed E-state index contributed by atoms with van der Waals surface area (Å²) in [6.45, 7) is 16.5. The van der Waals surface area contributed by atoms with Gasteiger partial charge in [-0.3, -0.25) is 4.90 Å². The van der Waals surface area contributed by atoms with Crippen molar-refractivity contribution in [2.75, 3.05) is 39.5 Å². The second-order valence-corrected chi connectivity index (χ2v) is 5.05. The molecule has 1 atom stereocenters. The Bertz CT molecular complexity index is 172. The quantitative estimate of drug-likeness (QED) is 0.655. The number of hydrogen-bond donors (Lipinski definition) is 0. The van der Waals surface area contributed by atoms with E-state index >= 15 is 0 Å². The number of ether oxygens (including phenoxy) is 2. The normalized spacial score (nSPS) is 20.7. The Kier molecular flexibility index (Phi) is 11.9.